The van der Waals surface area contributed by atoms with Crippen LogP contribution in [0.25, 0.3) is 0 Å². The number of amides is 1. The lowest BCUT2D eigenvalue weighted by Gasteiger charge is -2.27. The molecule has 1 aliphatic rings. The third kappa shape index (κ3) is 2.34. The average molecular weight is 318 g/mol. The number of benzene rings is 1. The summed E-state index contributed by atoms with van der Waals surface area (Å²) in [5.41, 5.74) is 6.97. The largest absolute Gasteiger partial charge is 0.334 e. The van der Waals surface area contributed by atoms with E-state index >= 15 is 0 Å². The fourth-order valence-corrected chi connectivity index (χ4v) is 2.94. The molecule has 0 aliphatic carbocycles. The molecule has 1 aliphatic heterocycles. The van der Waals surface area contributed by atoms with Crippen LogP contribution in [0, 0.1) is 0 Å². The second-order valence-corrected chi connectivity index (χ2v) is 5.48. The Bertz CT molecular complexity index is 452. The van der Waals surface area contributed by atoms with Crippen LogP contribution >= 0.6 is 27.5 Å². The summed E-state index contributed by atoms with van der Waals surface area (Å²) in [6, 6.07) is 5.34. The molecule has 1 saturated heterocycles. The van der Waals surface area contributed by atoms with Crippen molar-refractivity contribution in [1.82, 2.24) is 4.90 Å². The lowest BCUT2D eigenvalue weighted by molar-refractivity contribution is -0.128. The summed E-state index contributed by atoms with van der Waals surface area (Å²) in [4.78, 5) is 13.6. The fourth-order valence-electron chi connectivity index (χ4n) is 2.33. The number of nitrogens with zero attached hydrogens (tertiary/aromatic N) is 1. The number of likely N-dealkylation sites (tertiary alicyclic amines) is 1. The van der Waals surface area contributed by atoms with Gasteiger partial charge in [0.05, 0.1) is 6.04 Å². The molecule has 5 heteroatoms. The summed E-state index contributed by atoms with van der Waals surface area (Å²) in [5, 5.41) is 0.654. The van der Waals surface area contributed by atoms with Crippen LogP contribution in [0.3, 0.4) is 0 Å². The molecule has 1 heterocycles. The Balaban J connectivity index is 2.44. The lowest BCUT2D eigenvalue weighted by Crippen LogP contribution is -2.33. The first-order chi connectivity index (χ1) is 8.04. The molecule has 2 N–H and O–H groups in total. The molecule has 17 heavy (non-hydrogen) atoms. The molecule has 0 saturated carbocycles. The Morgan fingerprint density at radius 2 is 2.29 bits per heavy atom. The Kier molecular flexibility index (Phi) is 3.76. The molecule has 2 rings (SSSR count). The number of hydrogen-bond donors (Lipinski definition) is 1. The van der Waals surface area contributed by atoms with Gasteiger partial charge in [0.1, 0.15) is 0 Å². The van der Waals surface area contributed by atoms with E-state index in [1.54, 1.807) is 4.90 Å². The second kappa shape index (κ2) is 4.96. The van der Waals surface area contributed by atoms with E-state index in [0.29, 0.717) is 18.0 Å². The van der Waals surface area contributed by atoms with E-state index in [4.69, 9.17) is 17.3 Å². The molecule has 0 spiro atoms. The maximum absolute atomic E-state index is 11.8. The SMILES string of the molecule is CCN1C(=O)CC(N)C1c1cc(Br)ccc1Cl. The smallest absolute Gasteiger partial charge is 0.224 e. The Morgan fingerprint density at radius 3 is 2.94 bits per heavy atom. The first kappa shape index (κ1) is 12.9. The van der Waals surface area contributed by atoms with E-state index in [9.17, 15) is 4.79 Å². The van der Waals surface area contributed by atoms with Gasteiger partial charge < -0.3 is 10.6 Å². The molecule has 0 bridgehead atoms. The highest BCUT2D eigenvalue weighted by Gasteiger charge is 2.38. The molecule has 1 amide bonds. The van der Waals surface area contributed by atoms with E-state index in [-0.39, 0.29) is 18.0 Å². The minimum absolute atomic E-state index is 0.0982. The van der Waals surface area contributed by atoms with Crippen molar-refractivity contribution < 1.29 is 4.79 Å². The van der Waals surface area contributed by atoms with Crippen LogP contribution < -0.4 is 5.73 Å². The third-order valence-electron chi connectivity index (χ3n) is 3.09. The fraction of sp³-hybridized carbons (Fsp3) is 0.417. The number of hydrogen-bond acceptors (Lipinski definition) is 2. The van der Waals surface area contributed by atoms with Gasteiger partial charge in [-0.15, -0.1) is 0 Å². The van der Waals surface area contributed by atoms with Crippen LogP contribution in [0.5, 0.6) is 0 Å². The van der Waals surface area contributed by atoms with E-state index < -0.39 is 0 Å². The molecule has 0 aromatic heterocycles. The van der Waals surface area contributed by atoms with Crippen molar-refractivity contribution in [2.45, 2.75) is 25.4 Å². The second-order valence-electron chi connectivity index (χ2n) is 4.16. The standard InChI is InChI=1S/C12H14BrClN2O/c1-2-16-11(17)6-10(15)12(16)8-5-7(13)3-4-9(8)14/h3-5,10,12H,2,6,15H2,1H3. The van der Waals surface area contributed by atoms with Crippen LogP contribution in [0.15, 0.2) is 22.7 Å². The van der Waals surface area contributed by atoms with Gasteiger partial charge in [-0.3, -0.25) is 4.79 Å². The minimum atomic E-state index is -0.186. The highest BCUT2D eigenvalue weighted by molar-refractivity contribution is 9.10. The zero-order valence-corrected chi connectivity index (χ0v) is 11.8. The van der Waals surface area contributed by atoms with E-state index in [0.717, 1.165) is 10.0 Å². The van der Waals surface area contributed by atoms with E-state index in [2.05, 4.69) is 15.9 Å². The monoisotopic (exact) mass is 316 g/mol. The van der Waals surface area contributed by atoms with Crippen molar-refractivity contribution in [3.05, 3.63) is 33.3 Å². The number of likely N-dealkylation sites (N-methyl/N-ethyl adjacent to an activating group) is 1. The highest BCUT2D eigenvalue weighted by atomic mass is 79.9. The van der Waals surface area contributed by atoms with Crippen LogP contribution in [-0.2, 0) is 4.79 Å². The molecular weight excluding hydrogens is 304 g/mol. The summed E-state index contributed by atoms with van der Waals surface area (Å²) in [6.07, 6.45) is 0.390. The van der Waals surface area contributed by atoms with Crippen LogP contribution in [0.4, 0.5) is 0 Å². The van der Waals surface area contributed by atoms with E-state index in [1.807, 2.05) is 25.1 Å². The predicted octanol–water partition coefficient (Wildman–Crippen LogP) is 2.72. The number of nitrogens with two attached hydrogens (primary N) is 1. The van der Waals surface area contributed by atoms with Gasteiger partial charge in [0.2, 0.25) is 5.91 Å². The van der Waals surface area contributed by atoms with Gasteiger partial charge in [-0.2, -0.15) is 0 Å². The zero-order valence-electron chi connectivity index (χ0n) is 9.49. The lowest BCUT2D eigenvalue weighted by atomic mass is 10.0. The van der Waals surface area contributed by atoms with Crippen LogP contribution in [-0.4, -0.2) is 23.4 Å². The molecule has 2 atom stereocenters. The van der Waals surface area contributed by atoms with Gasteiger partial charge in [-0.05, 0) is 30.7 Å². The average Bonchev–Trinajstić information content (AvgIpc) is 2.56. The highest BCUT2D eigenvalue weighted by Crippen LogP contribution is 2.36. The van der Waals surface area contributed by atoms with Crippen molar-refractivity contribution in [1.29, 1.82) is 0 Å². The molecule has 1 aromatic carbocycles. The van der Waals surface area contributed by atoms with Gasteiger partial charge in [0.15, 0.2) is 0 Å². The number of carbonyl (C=O) groups excluding carboxylic acids is 1. The van der Waals surface area contributed by atoms with Crippen LogP contribution in [0.2, 0.25) is 5.02 Å². The Hall–Kier alpha value is -0.580. The predicted molar refractivity (Wildman–Crippen MR) is 71.9 cm³/mol. The molecule has 3 nitrogen and oxygen atoms in total. The summed E-state index contributed by atoms with van der Waals surface area (Å²) >= 11 is 9.61. The maximum atomic E-state index is 11.8. The number of halogens is 2. The molecule has 0 radical (unpaired) electrons. The maximum Gasteiger partial charge on any atom is 0.224 e. The molecule has 2 unspecified atom stereocenters. The van der Waals surface area contributed by atoms with Gasteiger partial charge in [0.25, 0.3) is 0 Å². The zero-order chi connectivity index (χ0) is 12.6. The van der Waals surface area contributed by atoms with Gasteiger partial charge in [0, 0.05) is 28.5 Å². The summed E-state index contributed by atoms with van der Waals surface area (Å²) in [7, 11) is 0. The van der Waals surface area contributed by atoms with Crippen LogP contribution in [0.1, 0.15) is 24.9 Å². The van der Waals surface area contributed by atoms with Crippen molar-refractivity contribution >= 4 is 33.4 Å². The molecule has 1 aromatic rings. The topological polar surface area (TPSA) is 46.3 Å². The summed E-state index contributed by atoms with van der Waals surface area (Å²) in [6.45, 7) is 2.61. The van der Waals surface area contributed by atoms with Crippen molar-refractivity contribution in [2.75, 3.05) is 6.54 Å². The summed E-state index contributed by atoms with van der Waals surface area (Å²) in [5.74, 6) is 0.0982. The molecule has 1 fully saturated rings. The normalized spacial score (nSPS) is 24.5. The first-order valence-electron chi connectivity index (χ1n) is 5.54. The van der Waals surface area contributed by atoms with Gasteiger partial charge in [-0.1, -0.05) is 27.5 Å². The third-order valence-corrected chi connectivity index (χ3v) is 3.93. The molecular formula is C12H14BrClN2O. The minimum Gasteiger partial charge on any atom is -0.334 e. The molecule has 92 valence electrons. The quantitative estimate of drug-likeness (QED) is 0.911. The van der Waals surface area contributed by atoms with Gasteiger partial charge >= 0.3 is 0 Å². The summed E-state index contributed by atoms with van der Waals surface area (Å²) < 4.78 is 0.944. The Labute approximate surface area is 114 Å². The number of carbonyl (C=O) groups is 1. The Morgan fingerprint density at radius 1 is 1.59 bits per heavy atom. The van der Waals surface area contributed by atoms with Gasteiger partial charge in [-0.25, -0.2) is 0 Å². The van der Waals surface area contributed by atoms with E-state index in [1.165, 1.54) is 0 Å². The van der Waals surface area contributed by atoms with Crippen molar-refractivity contribution in [2.24, 2.45) is 5.73 Å². The van der Waals surface area contributed by atoms with Crippen molar-refractivity contribution in [3.8, 4) is 0 Å². The number of rotatable bonds is 2. The first-order valence-corrected chi connectivity index (χ1v) is 6.71. The van der Waals surface area contributed by atoms with Crippen molar-refractivity contribution in [3.63, 3.8) is 0 Å².